The highest BCUT2D eigenvalue weighted by atomic mass is 16.1. The second kappa shape index (κ2) is 3.61. The van der Waals surface area contributed by atoms with Crippen LogP contribution in [-0.4, -0.2) is 12.0 Å². The van der Waals surface area contributed by atoms with Crippen LogP contribution in [0.25, 0.3) is 0 Å². The molecule has 0 atom stereocenters. The summed E-state index contributed by atoms with van der Waals surface area (Å²) in [4.78, 5) is 15.2. The van der Waals surface area contributed by atoms with E-state index in [1.807, 2.05) is 18.2 Å². The summed E-state index contributed by atoms with van der Waals surface area (Å²) >= 11 is 0. The molecule has 1 aliphatic rings. The molecule has 0 saturated carbocycles. The Morgan fingerprint density at radius 2 is 2.13 bits per heavy atom. The first-order chi connectivity index (χ1) is 7.13. The Bertz CT molecular complexity index is 418. The molecule has 0 aliphatic carbocycles. The van der Waals surface area contributed by atoms with E-state index in [1.165, 1.54) is 5.56 Å². The van der Waals surface area contributed by atoms with Gasteiger partial charge in [0, 0.05) is 24.0 Å². The molecule has 1 aliphatic heterocycles. The van der Waals surface area contributed by atoms with E-state index in [9.17, 15) is 4.79 Å². The molecule has 1 heterocycles. The number of nitrogens with zero attached hydrogens (tertiary/aromatic N) is 1. The van der Waals surface area contributed by atoms with Gasteiger partial charge in [0.25, 0.3) is 0 Å². The highest BCUT2D eigenvalue weighted by Crippen LogP contribution is 2.34. The fraction of sp³-hybridized carbons (Fsp3) is 0.385. The summed E-state index contributed by atoms with van der Waals surface area (Å²) in [7, 11) is 0. The monoisotopic (exact) mass is 201 g/mol. The van der Waals surface area contributed by atoms with Crippen LogP contribution in [0.15, 0.2) is 29.3 Å². The zero-order chi connectivity index (χ0) is 10.9. The molecule has 0 bridgehead atoms. The standard InChI is InChI=1S/C13H15NO/c1-13(2,7-8-15)12-9-10-5-3-4-6-11(10)14-12/h3-6,8H,7,9H2,1-2H3. The van der Waals surface area contributed by atoms with Gasteiger partial charge in [-0.3, -0.25) is 4.99 Å². The van der Waals surface area contributed by atoms with Gasteiger partial charge in [-0.05, 0) is 11.6 Å². The Kier molecular flexibility index (Phi) is 2.43. The molecule has 78 valence electrons. The number of hydrogen-bond acceptors (Lipinski definition) is 2. The van der Waals surface area contributed by atoms with Crippen molar-refractivity contribution in [3.8, 4) is 0 Å². The van der Waals surface area contributed by atoms with E-state index in [4.69, 9.17) is 0 Å². The molecule has 1 aromatic rings. The van der Waals surface area contributed by atoms with Crippen molar-refractivity contribution in [2.45, 2.75) is 26.7 Å². The second-order valence-electron chi connectivity index (χ2n) is 4.62. The SMILES string of the molecule is CC(C)(CC=O)C1=Nc2ccccc2C1. The van der Waals surface area contributed by atoms with Gasteiger partial charge in [0.05, 0.1) is 5.69 Å². The van der Waals surface area contributed by atoms with Crippen LogP contribution < -0.4 is 0 Å². The minimum Gasteiger partial charge on any atom is -0.303 e. The van der Waals surface area contributed by atoms with Gasteiger partial charge < -0.3 is 4.79 Å². The first-order valence-electron chi connectivity index (χ1n) is 5.23. The summed E-state index contributed by atoms with van der Waals surface area (Å²) in [6, 6.07) is 8.16. The molecule has 0 radical (unpaired) electrons. The quantitative estimate of drug-likeness (QED) is 0.691. The summed E-state index contributed by atoms with van der Waals surface area (Å²) in [6.07, 6.45) is 2.41. The van der Waals surface area contributed by atoms with Crippen molar-refractivity contribution in [3.63, 3.8) is 0 Å². The van der Waals surface area contributed by atoms with E-state index in [0.29, 0.717) is 6.42 Å². The number of rotatable bonds is 3. The van der Waals surface area contributed by atoms with E-state index in [0.717, 1.165) is 24.1 Å². The molecule has 0 unspecified atom stereocenters. The van der Waals surface area contributed by atoms with Crippen molar-refractivity contribution >= 4 is 17.7 Å². The third kappa shape index (κ3) is 1.84. The van der Waals surface area contributed by atoms with Gasteiger partial charge in [-0.15, -0.1) is 0 Å². The van der Waals surface area contributed by atoms with Crippen LogP contribution in [0.2, 0.25) is 0 Å². The lowest BCUT2D eigenvalue weighted by molar-refractivity contribution is -0.108. The third-order valence-electron chi connectivity index (χ3n) is 2.98. The number of aliphatic imine (C=N–C) groups is 1. The summed E-state index contributed by atoms with van der Waals surface area (Å²) < 4.78 is 0. The Hall–Kier alpha value is -1.44. The van der Waals surface area contributed by atoms with E-state index < -0.39 is 0 Å². The first-order valence-corrected chi connectivity index (χ1v) is 5.23. The van der Waals surface area contributed by atoms with E-state index in [2.05, 4.69) is 24.9 Å². The van der Waals surface area contributed by atoms with Crippen LogP contribution in [0, 0.1) is 5.41 Å². The number of carbonyl (C=O) groups excluding carboxylic acids is 1. The lowest BCUT2D eigenvalue weighted by Crippen LogP contribution is -2.24. The van der Waals surface area contributed by atoms with Crippen LogP contribution in [0.5, 0.6) is 0 Å². The fourth-order valence-electron chi connectivity index (χ4n) is 1.85. The van der Waals surface area contributed by atoms with Gasteiger partial charge in [-0.1, -0.05) is 32.0 Å². The summed E-state index contributed by atoms with van der Waals surface area (Å²) in [6.45, 7) is 4.15. The zero-order valence-electron chi connectivity index (χ0n) is 9.16. The maximum Gasteiger partial charge on any atom is 0.120 e. The Balaban J connectivity index is 2.28. The van der Waals surface area contributed by atoms with Crippen molar-refractivity contribution in [2.24, 2.45) is 10.4 Å². The normalized spacial score (nSPS) is 14.7. The Labute approximate surface area is 90.0 Å². The lowest BCUT2D eigenvalue weighted by Gasteiger charge is -2.21. The average molecular weight is 201 g/mol. The molecular weight excluding hydrogens is 186 g/mol. The van der Waals surface area contributed by atoms with Crippen LogP contribution in [-0.2, 0) is 11.2 Å². The van der Waals surface area contributed by atoms with Gasteiger partial charge in [0.2, 0.25) is 0 Å². The molecule has 0 fully saturated rings. The molecule has 1 aromatic carbocycles. The minimum absolute atomic E-state index is 0.110. The summed E-state index contributed by atoms with van der Waals surface area (Å²) in [5.41, 5.74) is 3.34. The van der Waals surface area contributed by atoms with Gasteiger partial charge in [0.1, 0.15) is 6.29 Å². The molecule has 0 aromatic heterocycles. The van der Waals surface area contributed by atoms with Gasteiger partial charge >= 0.3 is 0 Å². The Morgan fingerprint density at radius 1 is 1.40 bits per heavy atom. The zero-order valence-corrected chi connectivity index (χ0v) is 9.16. The van der Waals surface area contributed by atoms with E-state index in [1.54, 1.807) is 0 Å². The largest absolute Gasteiger partial charge is 0.303 e. The van der Waals surface area contributed by atoms with Crippen molar-refractivity contribution < 1.29 is 4.79 Å². The molecule has 2 rings (SSSR count). The predicted octanol–water partition coefficient (Wildman–Crippen LogP) is 2.93. The maximum absolute atomic E-state index is 10.6. The van der Waals surface area contributed by atoms with Crippen LogP contribution in [0.4, 0.5) is 5.69 Å². The summed E-state index contributed by atoms with van der Waals surface area (Å²) in [5.74, 6) is 0. The number of hydrogen-bond donors (Lipinski definition) is 0. The Morgan fingerprint density at radius 3 is 2.80 bits per heavy atom. The molecule has 0 spiro atoms. The fourth-order valence-corrected chi connectivity index (χ4v) is 1.85. The predicted molar refractivity (Wildman–Crippen MR) is 61.7 cm³/mol. The van der Waals surface area contributed by atoms with Crippen molar-refractivity contribution in [2.75, 3.05) is 0 Å². The lowest BCUT2D eigenvalue weighted by atomic mass is 9.82. The molecule has 2 heteroatoms. The van der Waals surface area contributed by atoms with Crippen molar-refractivity contribution in [1.82, 2.24) is 0 Å². The molecule has 0 amide bonds. The molecule has 0 N–H and O–H groups in total. The highest BCUT2D eigenvalue weighted by molar-refractivity contribution is 5.98. The van der Waals surface area contributed by atoms with E-state index in [-0.39, 0.29) is 5.41 Å². The van der Waals surface area contributed by atoms with Crippen molar-refractivity contribution in [1.29, 1.82) is 0 Å². The number of fused-ring (bicyclic) bond motifs is 1. The number of aldehydes is 1. The third-order valence-corrected chi connectivity index (χ3v) is 2.98. The second-order valence-corrected chi connectivity index (χ2v) is 4.62. The van der Waals surface area contributed by atoms with E-state index >= 15 is 0 Å². The molecule has 15 heavy (non-hydrogen) atoms. The van der Waals surface area contributed by atoms with Crippen LogP contribution in [0.3, 0.4) is 0 Å². The number of benzene rings is 1. The first kappa shape index (κ1) is 10.1. The average Bonchev–Trinajstić information content (AvgIpc) is 2.61. The van der Waals surface area contributed by atoms with Gasteiger partial charge in [0.15, 0.2) is 0 Å². The number of carbonyl (C=O) groups is 1. The highest BCUT2D eigenvalue weighted by Gasteiger charge is 2.28. The van der Waals surface area contributed by atoms with Gasteiger partial charge in [-0.25, -0.2) is 0 Å². The minimum atomic E-state index is -0.110. The van der Waals surface area contributed by atoms with Crippen LogP contribution >= 0.6 is 0 Å². The molecule has 0 saturated heterocycles. The maximum atomic E-state index is 10.6. The van der Waals surface area contributed by atoms with Crippen LogP contribution in [0.1, 0.15) is 25.8 Å². The topological polar surface area (TPSA) is 29.4 Å². The van der Waals surface area contributed by atoms with Crippen molar-refractivity contribution in [3.05, 3.63) is 29.8 Å². The molecular formula is C13H15NO. The number of para-hydroxylation sites is 1. The van der Waals surface area contributed by atoms with Gasteiger partial charge in [-0.2, -0.15) is 0 Å². The summed E-state index contributed by atoms with van der Waals surface area (Å²) in [5, 5.41) is 0. The smallest absolute Gasteiger partial charge is 0.120 e. The molecule has 2 nitrogen and oxygen atoms in total.